The van der Waals surface area contributed by atoms with Crippen molar-refractivity contribution >= 4 is 23.8 Å². The summed E-state index contributed by atoms with van der Waals surface area (Å²) < 4.78 is 5.21. The average Bonchev–Trinajstić information content (AvgIpc) is 3.19. The normalized spacial score (nSPS) is 20.1. The molecule has 24 heavy (non-hydrogen) atoms. The van der Waals surface area contributed by atoms with Gasteiger partial charge in [-0.1, -0.05) is 25.0 Å². The number of hydrogen-bond donors (Lipinski definition) is 0. The largest absolute Gasteiger partial charge is 0.422 e. The molecular formula is C19H24N2O3. The number of benzene rings is 1. The minimum atomic E-state index is -0.530. The SMILES string of the molecule is CCN(CC)c1ccc(/C=C2/OC(=O)N(C3CCCC3)C2=O)cc1. The first-order valence-electron chi connectivity index (χ1n) is 8.76. The molecule has 0 radical (unpaired) electrons. The van der Waals surface area contributed by atoms with Crippen LogP contribution in [-0.4, -0.2) is 36.0 Å². The molecule has 1 aromatic carbocycles. The van der Waals surface area contributed by atoms with Crippen LogP contribution in [-0.2, 0) is 9.53 Å². The van der Waals surface area contributed by atoms with Crippen molar-refractivity contribution in [2.45, 2.75) is 45.6 Å². The van der Waals surface area contributed by atoms with Crippen LogP contribution in [0.1, 0.15) is 45.1 Å². The standard InChI is InChI=1S/C19H24N2O3/c1-3-20(4-2)15-11-9-14(10-12-15)13-17-18(22)21(19(23)24-17)16-7-5-6-8-16/h9-13,16H,3-8H2,1-2H3/b17-13+. The Morgan fingerprint density at radius 2 is 1.75 bits per heavy atom. The maximum absolute atomic E-state index is 12.5. The molecule has 128 valence electrons. The van der Waals surface area contributed by atoms with Gasteiger partial charge in [-0.05, 0) is 50.5 Å². The molecule has 2 amide bonds. The van der Waals surface area contributed by atoms with E-state index in [-0.39, 0.29) is 17.7 Å². The summed E-state index contributed by atoms with van der Waals surface area (Å²) in [5, 5.41) is 0. The molecule has 0 aromatic heterocycles. The Balaban J connectivity index is 1.76. The van der Waals surface area contributed by atoms with Gasteiger partial charge in [-0.2, -0.15) is 0 Å². The van der Waals surface area contributed by atoms with E-state index in [0.29, 0.717) is 0 Å². The van der Waals surface area contributed by atoms with E-state index >= 15 is 0 Å². The van der Waals surface area contributed by atoms with Crippen LogP contribution in [0.15, 0.2) is 30.0 Å². The molecule has 1 saturated carbocycles. The zero-order valence-electron chi connectivity index (χ0n) is 14.3. The van der Waals surface area contributed by atoms with Crippen LogP contribution in [0.25, 0.3) is 6.08 Å². The van der Waals surface area contributed by atoms with E-state index in [4.69, 9.17) is 4.74 Å². The van der Waals surface area contributed by atoms with Gasteiger partial charge in [0.05, 0.1) is 0 Å². The molecule has 2 aliphatic rings. The van der Waals surface area contributed by atoms with Crippen LogP contribution in [0.2, 0.25) is 0 Å². The molecule has 1 aliphatic heterocycles. The Hall–Kier alpha value is -2.30. The third-order valence-electron chi connectivity index (χ3n) is 4.83. The van der Waals surface area contributed by atoms with Crippen molar-refractivity contribution in [3.05, 3.63) is 35.6 Å². The van der Waals surface area contributed by atoms with Crippen molar-refractivity contribution in [3.63, 3.8) is 0 Å². The molecule has 2 fully saturated rings. The zero-order valence-corrected chi connectivity index (χ0v) is 14.3. The fourth-order valence-electron chi connectivity index (χ4n) is 3.48. The number of hydrogen-bond acceptors (Lipinski definition) is 4. The fourth-order valence-corrected chi connectivity index (χ4v) is 3.48. The van der Waals surface area contributed by atoms with Crippen molar-refractivity contribution in [3.8, 4) is 0 Å². The Morgan fingerprint density at radius 3 is 2.33 bits per heavy atom. The summed E-state index contributed by atoms with van der Waals surface area (Å²) in [6.07, 6.45) is 5.01. The predicted molar refractivity (Wildman–Crippen MR) is 93.6 cm³/mol. The highest BCUT2D eigenvalue weighted by molar-refractivity contribution is 6.10. The molecule has 0 spiro atoms. The molecule has 5 heteroatoms. The van der Waals surface area contributed by atoms with Gasteiger partial charge in [-0.15, -0.1) is 0 Å². The summed E-state index contributed by atoms with van der Waals surface area (Å²) in [7, 11) is 0. The lowest BCUT2D eigenvalue weighted by atomic mass is 10.1. The third kappa shape index (κ3) is 3.16. The van der Waals surface area contributed by atoms with Gasteiger partial charge in [0.25, 0.3) is 5.91 Å². The van der Waals surface area contributed by atoms with Crippen LogP contribution in [0.4, 0.5) is 10.5 Å². The summed E-state index contributed by atoms with van der Waals surface area (Å²) in [5.74, 6) is -0.179. The Bertz CT molecular complexity index is 641. The van der Waals surface area contributed by atoms with Gasteiger partial charge < -0.3 is 9.64 Å². The molecule has 1 saturated heterocycles. The van der Waals surface area contributed by atoms with Gasteiger partial charge in [0.1, 0.15) is 0 Å². The highest BCUT2D eigenvalue weighted by Crippen LogP contribution is 2.30. The van der Waals surface area contributed by atoms with E-state index in [2.05, 4.69) is 18.7 Å². The van der Waals surface area contributed by atoms with E-state index in [1.807, 2.05) is 24.3 Å². The molecule has 0 atom stereocenters. The zero-order chi connectivity index (χ0) is 17.1. The van der Waals surface area contributed by atoms with Gasteiger partial charge in [0, 0.05) is 24.8 Å². The summed E-state index contributed by atoms with van der Waals surface area (Å²) in [5.41, 5.74) is 2.00. The second kappa shape index (κ2) is 7.07. The Kier molecular flexibility index (Phi) is 4.88. The monoisotopic (exact) mass is 328 g/mol. The molecule has 1 heterocycles. The van der Waals surface area contributed by atoms with E-state index in [9.17, 15) is 9.59 Å². The average molecular weight is 328 g/mol. The van der Waals surface area contributed by atoms with E-state index in [1.54, 1.807) is 6.08 Å². The van der Waals surface area contributed by atoms with Crippen LogP contribution < -0.4 is 4.90 Å². The lowest BCUT2D eigenvalue weighted by Gasteiger charge is -2.20. The van der Waals surface area contributed by atoms with Gasteiger partial charge in [-0.25, -0.2) is 9.69 Å². The summed E-state index contributed by atoms with van der Waals surface area (Å²) >= 11 is 0. The molecular weight excluding hydrogens is 304 g/mol. The minimum Gasteiger partial charge on any atom is -0.404 e. The van der Waals surface area contributed by atoms with Gasteiger partial charge in [0.15, 0.2) is 5.76 Å². The number of amides is 2. The van der Waals surface area contributed by atoms with Crippen molar-refractivity contribution in [2.75, 3.05) is 18.0 Å². The van der Waals surface area contributed by atoms with Gasteiger partial charge in [-0.3, -0.25) is 4.79 Å². The number of rotatable bonds is 5. The number of carbonyl (C=O) groups excluding carboxylic acids is 2. The fraction of sp³-hybridized carbons (Fsp3) is 0.474. The maximum Gasteiger partial charge on any atom is 0.422 e. The van der Waals surface area contributed by atoms with Crippen molar-refractivity contribution in [2.24, 2.45) is 0 Å². The molecule has 1 aromatic rings. The van der Waals surface area contributed by atoms with Crippen LogP contribution in [0, 0.1) is 0 Å². The topological polar surface area (TPSA) is 49.9 Å². The Labute approximate surface area is 142 Å². The summed E-state index contributed by atoms with van der Waals surface area (Å²) in [6, 6.07) is 7.94. The first-order chi connectivity index (χ1) is 11.6. The van der Waals surface area contributed by atoms with Gasteiger partial charge >= 0.3 is 6.09 Å². The van der Waals surface area contributed by atoms with Crippen molar-refractivity contribution in [1.82, 2.24) is 4.90 Å². The molecule has 0 unspecified atom stereocenters. The highest BCUT2D eigenvalue weighted by Gasteiger charge is 2.41. The van der Waals surface area contributed by atoms with Crippen molar-refractivity contribution in [1.29, 1.82) is 0 Å². The first-order valence-corrected chi connectivity index (χ1v) is 8.76. The van der Waals surface area contributed by atoms with Crippen molar-refractivity contribution < 1.29 is 14.3 Å². The number of cyclic esters (lactones) is 1. The number of imide groups is 1. The molecule has 0 bridgehead atoms. The summed E-state index contributed by atoms with van der Waals surface area (Å²) in [6.45, 7) is 6.13. The molecule has 5 nitrogen and oxygen atoms in total. The Morgan fingerprint density at radius 1 is 1.12 bits per heavy atom. The second-order valence-corrected chi connectivity index (χ2v) is 6.25. The third-order valence-corrected chi connectivity index (χ3v) is 4.83. The highest BCUT2D eigenvalue weighted by atomic mass is 16.6. The van der Waals surface area contributed by atoms with Crippen LogP contribution in [0.3, 0.4) is 0 Å². The second-order valence-electron chi connectivity index (χ2n) is 6.25. The lowest BCUT2D eigenvalue weighted by Crippen LogP contribution is -2.37. The first kappa shape index (κ1) is 16.6. The minimum absolute atomic E-state index is 0.000873. The predicted octanol–water partition coefficient (Wildman–Crippen LogP) is 3.80. The number of ether oxygens (including phenoxy) is 1. The molecule has 3 rings (SSSR count). The number of carbonyl (C=O) groups is 2. The van der Waals surface area contributed by atoms with E-state index in [1.165, 1.54) is 4.90 Å². The number of anilines is 1. The van der Waals surface area contributed by atoms with Crippen LogP contribution in [0.5, 0.6) is 0 Å². The van der Waals surface area contributed by atoms with Crippen LogP contribution >= 0.6 is 0 Å². The molecule has 1 aliphatic carbocycles. The quantitative estimate of drug-likeness (QED) is 0.772. The lowest BCUT2D eigenvalue weighted by molar-refractivity contribution is -0.124. The number of nitrogens with zero attached hydrogens (tertiary/aromatic N) is 2. The van der Waals surface area contributed by atoms with E-state index < -0.39 is 6.09 Å². The maximum atomic E-state index is 12.5. The molecule has 0 N–H and O–H groups in total. The van der Waals surface area contributed by atoms with Gasteiger partial charge in [0.2, 0.25) is 0 Å². The van der Waals surface area contributed by atoms with E-state index in [0.717, 1.165) is 50.0 Å². The smallest absolute Gasteiger partial charge is 0.404 e. The summed E-state index contributed by atoms with van der Waals surface area (Å²) in [4.78, 5) is 28.1.